The molecule has 2 rings (SSSR count). The van der Waals surface area contributed by atoms with Gasteiger partial charge in [-0.3, -0.25) is 10.0 Å². The lowest BCUT2D eigenvalue weighted by Crippen LogP contribution is -2.38. The van der Waals surface area contributed by atoms with Crippen LogP contribution < -0.4 is 5.48 Å². The van der Waals surface area contributed by atoms with E-state index in [0.717, 1.165) is 11.1 Å². The smallest absolute Gasteiger partial charge is 0.274 e. The number of hydroxylamine groups is 1. The van der Waals surface area contributed by atoms with E-state index >= 15 is 0 Å². The Hall–Kier alpha value is -3.13. The zero-order chi connectivity index (χ0) is 19.5. The van der Waals surface area contributed by atoms with Crippen LogP contribution in [-0.4, -0.2) is 40.6 Å². The molecule has 2 aromatic rings. The number of benzene rings is 2. The van der Waals surface area contributed by atoms with Crippen LogP contribution in [0, 0.1) is 23.7 Å². The molecule has 0 saturated heterocycles. The van der Waals surface area contributed by atoms with Gasteiger partial charge in [0, 0.05) is 11.1 Å². The molecule has 4 N–H and O–H groups in total. The van der Waals surface area contributed by atoms with Crippen LogP contribution in [0.2, 0.25) is 0 Å². The maximum Gasteiger partial charge on any atom is 0.274 e. The second-order valence-corrected chi connectivity index (χ2v) is 5.44. The quantitative estimate of drug-likeness (QED) is 0.348. The van der Waals surface area contributed by atoms with E-state index in [0.29, 0.717) is 5.56 Å². The number of hydrogen-bond donors (Lipinski definition) is 4. The summed E-state index contributed by atoms with van der Waals surface area (Å²) in [6.07, 6.45) is -2.13. The first-order valence-electron chi connectivity index (χ1n) is 8.16. The molecule has 0 spiro atoms. The fraction of sp³-hybridized carbons (Fsp3) is 0.190. The summed E-state index contributed by atoms with van der Waals surface area (Å²) < 4.78 is 5.34. The minimum Gasteiger partial charge on any atom is -0.393 e. The Morgan fingerprint density at radius 2 is 1.52 bits per heavy atom. The molecular weight excluding hydrogens is 346 g/mol. The standard InChI is InChI=1S/C21H19NO5/c23-14-19(27-20(15-24)21(25)22-26)18-12-10-17(11-13-18)9-5-4-8-16-6-2-1-3-7-16/h1-3,6-7,10-13,19-20,23-24,26H,14-15H2,(H,22,25)/t19-,20+/m0/s1. The zero-order valence-corrected chi connectivity index (χ0v) is 14.4. The maximum absolute atomic E-state index is 11.4. The van der Waals surface area contributed by atoms with E-state index in [9.17, 15) is 9.90 Å². The number of rotatable bonds is 6. The summed E-state index contributed by atoms with van der Waals surface area (Å²) in [5.41, 5.74) is 3.62. The van der Waals surface area contributed by atoms with Crippen LogP contribution in [0.3, 0.4) is 0 Å². The molecular formula is C21H19NO5. The monoisotopic (exact) mass is 365 g/mol. The highest BCUT2D eigenvalue weighted by molar-refractivity contribution is 5.79. The Morgan fingerprint density at radius 1 is 0.926 bits per heavy atom. The van der Waals surface area contributed by atoms with Crippen molar-refractivity contribution in [3.8, 4) is 23.7 Å². The van der Waals surface area contributed by atoms with Crippen molar-refractivity contribution in [1.29, 1.82) is 0 Å². The maximum atomic E-state index is 11.4. The van der Waals surface area contributed by atoms with Gasteiger partial charge in [-0.25, -0.2) is 5.48 Å². The molecule has 0 aliphatic heterocycles. The van der Waals surface area contributed by atoms with E-state index in [-0.39, 0.29) is 0 Å². The molecule has 27 heavy (non-hydrogen) atoms. The van der Waals surface area contributed by atoms with Crippen molar-refractivity contribution in [3.63, 3.8) is 0 Å². The molecule has 6 nitrogen and oxygen atoms in total. The van der Waals surface area contributed by atoms with Gasteiger partial charge in [-0.2, -0.15) is 0 Å². The normalized spacial score (nSPS) is 12.0. The highest BCUT2D eigenvalue weighted by atomic mass is 16.5. The number of ether oxygens (including phenoxy) is 1. The third-order valence-electron chi connectivity index (χ3n) is 3.60. The lowest BCUT2D eigenvalue weighted by atomic mass is 10.1. The topological polar surface area (TPSA) is 99.0 Å². The number of aliphatic hydroxyl groups excluding tert-OH is 2. The minimum absolute atomic E-state index is 0.400. The number of nitrogens with one attached hydrogen (secondary N) is 1. The summed E-state index contributed by atoms with van der Waals surface area (Å²) in [7, 11) is 0. The van der Waals surface area contributed by atoms with Gasteiger partial charge in [0.05, 0.1) is 13.2 Å². The molecule has 0 aliphatic carbocycles. The van der Waals surface area contributed by atoms with Crippen LogP contribution in [-0.2, 0) is 9.53 Å². The van der Waals surface area contributed by atoms with E-state index < -0.39 is 31.3 Å². The predicted molar refractivity (Wildman–Crippen MR) is 98.4 cm³/mol. The van der Waals surface area contributed by atoms with Gasteiger partial charge in [-0.1, -0.05) is 42.2 Å². The van der Waals surface area contributed by atoms with E-state index in [4.69, 9.17) is 15.1 Å². The molecule has 0 radical (unpaired) electrons. The fourth-order valence-electron chi connectivity index (χ4n) is 2.19. The molecule has 0 heterocycles. The summed E-state index contributed by atoms with van der Waals surface area (Å²) in [6.45, 7) is -1.03. The van der Waals surface area contributed by atoms with Crippen LogP contribution in [0.15, 0.2) is 54.6 Å². The first-order valence-corrected chi connectivity index (χ1v) is 8.16. The van der Waals surface area contributed by atoms with Crippen molar-refractivity contribution >= 4 is 5.91 Å². The first kappa shape index (κ1) is 20.2. The Morgan fingerprint density at radius 3 is 2.04 bits per heavy atom. The van der Waals surface area contributed by atoms with Gasteiger partial charge in [-0.15, -0.1) is 0 Å². The van der Waals surface area contributed by atoms with E-state index in [1.165, 1.54) is 5.48 Å². The molecule has 138 valence electrons. The van der Waals surface area contributed by atoms with Crippen LogP contribution >= 0.6 is 0 Å². The third kappa shape index (κ3) is 6.27. The number of carbonyl (C=O) groups excluding carboxylic acids is 1. The van der Waals surface area contributed by atoms with Gasteiger partial charge in [-0.05, 0) is 41.7 Å². The number of amides is 1. The van der Waals surface area contributed by atoms with Gasteiger partial charge in [0.15, 0.2) is 6.10 Å². The van der Waals surface area contributed by atoms with Crippen molar-refractivity contribution in [2.24, 2.45) is 0 Å². The Labute approximate surface area is 157 Å². The fourth-order valence-corrected chi connectivity index (χ4v) is 2.19. The first-order chi connectivity index (χ1) is 13.2. The number of aliphatic hydroxyl groups is 2. The largest absolute Gasteiger partial charge is 0.393 e. The van der Waals surface area contributed by atoms with Crippen LogP contribution in [0.5, 0.6) is 0 Å². The molecule has 0 saturated carbocycles. The molecule has 0 bridgehead atoms. The van der Waals surface area contributed by atoms with Gasteiger partial charge >= 0.3 is 0 Å². The van der Waals surface area contributed by atoms with E-state index in [1.807, 2.05) is 30.3 Å². The van der Waals surface area contributed by atoms with Crippen LogP contribution in [0.25, 0.3) is 0 Å². The summed E-state index contributed by atoms with van der Waals surface area (Å²) in [6, 6.07) is 16.4. The average Bonchev–Trinajstić information content (AvgIpc) is 2.73. The van der Waals surface area contributed by atoms with E-state index in [2.05, 4.69) is 23.7 Å². The Balaban J connectivity index is 2.04. The summed E-state index contributed by atoms with van der Waals surface area (Å²) in [5, 5.41) is 27.3. The molecule has 2 aromatic carbocycles. The highest BCUT2D eigenvalue weighted by Crippen LogP contribution is 2.19. The molecule has 0 aromatic heterocycles. The van der Waals surface area contributed by atoms with Gasteiger partial charge in [0.1, 0.15) is 6.10 Å². The minimum atomic E-state index is -1.29. The van der Waals surface area contributed by atoms with Crippen molar-refractivity contribution in [3.05, 3.63) is 71.3 Å². The zero-order valence-electron chi connectivity index (χ0n) is 14.4. The van der Waals surface area contributed by atoms with Crippen molar-refractivity contribution in [2.75, 3.05) is 13.2 Å². The van der Waals surface area contributed by atoms with Crippen molar-refractivity contribution < 1.29 is 25.0 Å². The SMILES string of the molecule is O=C(NO)[C@@H](CO)O[C@@H](CO)c1ccc(C#CC#Cc2ccccc2)cc1. The Kier molecular flexibility index (Phi) is 8.05. The second-order valence-electron chi connectivity index (χ2n) is 5.44. The third-order valence-corrected chi connectivity index (χ3v) is 3.60. The van der Waals surface area contributed by atoms with Crippen molar-refractivity contribution in [2.45, 2.75) is 12.2 Å². The average molecular weight is 365 g/mol. The van der Waals surface area contributed by atoms with Gasteiger partial charge in [0.25, 0.3) is 5.91 Å². The summed E-state index contributed by atoms with van der Waals surface area (Å²) >= 11 is 0. The molecule has 1 amide bonds. The number of carbonyl (C=O) groups is 1. The second kappa shape index (κ2) is 10.8. The van der Waals surface area contributed by atoms with Crippen LogP contribution in [0.1, 0.15) is 22.8 Å². The molecule has 0 aliphatic rings. The summed E-state index contributed by atoms with van der Waals surface area (Å²) in [5.74, 6) is 10.5. The molecule has 0 fully saturated rings. The lowest BCUT2D eigenvalue weighted by Gasteiger charge is -2.21. The van der Waals surface area contributed by atoms with Crippen LogP contribution in [0.4, 0.5) is 0 Å². The predicted octanol–water partition coefficient (Wildman–Crippen LogP) is 1.01. The molecule has 6 heteroatoms. The number of hydrogen-bond acceptors (Lipinski definition) is 5. The van der Waals surface area contributed by atoms with Gasteiger partial charge < -0.3 is 14.9 Å². The van der Waals surface area contributed by atoms with Gasteiger partial charge in [0.2, 0.25) is 0 Å². The van der Waals surface area contributed by atoms with E-state index in [1.54, 1.807) is 24.3 Å². The lowest BCUT2D eigenvalue weighted by molar-refractivity contribution is -0.150. The molecule has 0 unspecified atom stereocenters. The van der Waals surface area contributed by atoms with Crippen molar-refractivity contribution in [1.82, 2.24) is 5.48 Å². The highest BCUT2D eigenvalue weighted by Gasteiger charge is 2.23. The summed E-state index contributed by atoms with van der Waals surface area (Å²) in [4.78, 5) is 11.4. The Bertz CT molecular complexity index is 857. The molecule has 2 atom stereocenters.